The third-order valence-corrected chi connectivity index (χ3v) is 5.02. The van der Waals surface area contributed by atoms with Crippen LogP contribution in [0.1, 0.15) is 31.9 Å². The lowest BCUT2D eigenvalue weighted by molar-refractivity contribution is 0.481. The van der Waals surface area contributed by atoms with Crippen LogP contribution in [0, 0.1) is 0 Å². The van der Waals surface area contributed by atoms with Crippen molar-refractivity contribution in [1.82, 2.24) is 10.3 Å². The minimum atomic E-state index is 0.796. The highest BCUT2D eigenvalue weighted by molar-refractivity contribution is 5.84. The number of benzene rings is 3. The fourth-order valence-electron chi connectivity index (χ4n) is 3.38. The number of H-pyrrole nitrogens is 1. The van der Waals surface area contributed by atoms with Crippen LogP contribution < -0.4 is 14.8 Å². The minimum Gasteiger partial charge on any atom is -0.465 e. The molecule has 0 unspecified atom stereocenters. The van der Waals surface area contributed by atoms with Crippen LogP contribution >= 0.6 is 0 Å². The third kappa shape index (κ3) is 9.32. The van der Waals surface area contributed by atoms with E-state index in [1.165, 1.54) is 16.5 Å². The first kappa shape index (κ1) is 28.2. The van der Waals surface area contributed by atoms with Crippen LogP contribution in [0.5, 0.6) is 17.2 Å². The Kier molecular flexibility index (Phi) is 13.0. The van der Waals surface area contributed by atoms with E-state index in [-0.39, 0.29) is 0 Å². The normalized spacial score (nSPS) is 10.1. The van der Waals surface area contributed by atoms with Gasteiger partial charge in [-0.2, -0.15) is 0 Å². The van der Waals surface area contributed by atoms with Gasteiger partial charge in [-0.15, -0.1) is 0 Å². The number of hydrogen-bond donors (Lipinski definition) is 2. The second-order valence-electron chi connectivity index (χ2n) is 7.57. The molecule has 4 heteroatoms. The third-order valence-electron chi connectivity index (χ3n) is 5.02. The highest BCUT2D eigenvalue weighted by Gasteiger charge is 2.05. The fourth-order valence-corrected chi connectivity index (χ4v) is 3.38. The van der Waals surface area contributed by atoms with Crippen LogP contribution in [0.3, 0.4) is 0 Å². The topological polar surface area (TPSA) is 46.3 Å². The summed E-state index contributed by atoms with van der Waals surface area (Å²) in [7, 11) is 0. The summed E-state index contributed by atoms with van der Waals surface area (Å²) in [5, 5.41) is 4.74. The zero-order valence-electron chi connectivity index (χ0n) is 21.7. The molecule has 4 nitrogen and oxygen atoms in total. The molecule has 0 bridgehead atoms. The van der Waals surface area contributed by atoms with Gasteiger partial charge in [0, 0.05) is 23.6 Å². The summed E-state index contributed by atoms with van der Waals surface area (Å²) >= 11 is 0. The fraction of sp³-hybridized carbons (Fsp3) is 0.188. The highest BCUT2D eigenvalue weighted by atomic mass is 16.5. The number of aromatic amines is 1. The lowest BCUT2D eigenvalue weighted by Crippen LogP contribution is -2.16. The van der Waals surface area contributed by atoms with Crippen molar-refractivity contribution >= 4 is 10.9 Å². The Morgan fingerprint density at radius 1 is 0.861 bits per heavy atom. The molecule has 4 rings (SSSR count). The maximum atomic E-state index is 5.92. The van der Waals surface area contributed by atoms with Crippen molar-refractivity contribution in [2.75, 3.05) is 6.54 Å². The van der Waals surface area contributed by atoms with E-state index >= 15 is 0 Å². The van der Waals surface area contributed by atoms with E-state index in [4.69, 9.17) is 9.47 Å². The van der Waals surface area contributed by atoms with Crippen molar-refractivity contribution in [2.45, 2.75) is 33.7 Å². The molecule has 0 saturated carbocycles. The molecule has 0 spiro atoms. The van der Waals surface area contributed by atoms with Gasteiger partial charge >= 0.3 is 0 Å². The molecular formula is C32H38N2O2. The van der Waals surface area contributed by atoms with Gasteiger partial charge in [-0.05, 0) is 73.5 Å². The van der Waals surface area contributed by atoms with E-state index in [9.17, 15) is 0 Å². The van der Waals surface area contributed by atoms with Gasteiger partial charge in [0.25, 0.3) is 0 Å². The number of rotatable bonds is 10. The lowest BCUT2D eigenvalue weighted by atomic mass is 10.1. The molecule has 1 heterocycles. The maximum Gasteiger partial charge on any atom is 0.127 e. The zero-order valence-corrected chi connectivity index (χ0v) is 21.7. The Morgan fingerprint density at radius 3 is 2.33 bits per heavy atom. The van der Waals surface area contributed by atoms with E-state index < -0.39 is 0 Å². The number of hydrogen-bond acceptors (Lipinski definition) is 3. The molecule has 0 amide bonds. The first-order valence-electron chi connectivity index (χ1n) is 12.4. The smallest absolute Gasteiger partial charge is 0.127 e. The molecular weight excluding hydrogens is 444 g/mol. The molecule has 0 aliphatic rings. The molecule has 1 aromatic heterocycles. The summed E-state index contributed by atoms with van der Waals surface area (Å²) in [6, 6.07) is 24.2. The van der Waals surface area contributed by atoms with E-state index in [1.54, 1.807) is 18.4 Å². The monoisotopic (exact) mass is 482 g/mol. The largest absolute Gasteiger partial charge is 0.465 e. The van der Waals surface area contributed by atoms with Gasteiger partial charge in [0.05, 0.1) is 6.26 Å². The van der Waals surface area contributed by atoms with Crippen molar-refractivity contribution in [1.29, 1.82) is 0 Å². The molecule has 188 valence electrons. The summed E-state index contributed by atoms with van der Waals surface area (Å²) in [5.41, 5.74) is 3.61. The predicted molar refractivity (Wildman–Crippen MR) is 154 cm³/mol. The molecule has 4 aromatic rings. The van der Waals surface area contributed by atoms with Crippen molar-refractivity contribution in [3.8, 4) is 17.2 Å². The van der Waals surface area contributed by atoms with E-state index in [2.05, 4.69) is 53.9 Å². The Morgan fingerprint density at radius 2 is 1.61 bits per heavy atom. The van der Waals surface area contributed by atoms with Crippen LogP contribution in [-0.2, 0) is 13.0 Å². The van der Waals surface area contributed by atoms with Crippen molar-refractivity contribution in [2.24, 2.45) is 0 Å². The summed E-state index contributed by atoms with van der Waals surface area (Å²) < 4.78 is 11.5. The Balaban J connectivity index is 0.000000694. The molecule has 0 radical (unpaired) electrons. The van der Waals surface area contributed by atoms with Gasteiger partial charge in [-0.25, -0.2) is 0 Å². The molecule has 2 N–H and O–H groups in total. The molecule has 0 fully saturated rings. The van der Waals surface area contributed by atoms with Gasteiger partial charge < -0.3 is 19.8 Å². The van der Waals surface area contributed by atoms with Gasteiger partial charge in [0.15, 0.2) is 0 Å². The molecule has 0 atom stereocenters. The van der Waals surface area contributed by atoms with Crippen molar-refractivity contribution in [3.05, 3.63) is 128 Å². The first-order valence-corrected chi connectivity index (χ1v) is 12.4. The maximum absolute atomic E-state index is 5.92. The van der Waals surface area contributed by atoms with E-state index in [1.807, 2.05) is 75.4 Å². The Bertz CT molecular complexity index is 1200. The van der Waals surface area contributed by atoms with E-state index in [0.717, 1.165) is 42.3 Å². The quantitative estimate of drug-likeness (QED) is 0.135. The standard InChI is InChI=1S/C26H26N2O2.C4H6.C2H6/c1-2-15-29-23-11-12-26-25(17-23)21(19-28-26)13-14-27-18-20-7-6-10-24(16-20)30-22-8-4-3-5-9-22;1-3-4-2;1-2/h2-12,15-17,19,27-28H,13-14,18H2,1H3;3-4H,1-2H2;1-2H3/b15-2+;;. The van der Waals surface area contributed by atoms with Gasteiger partial charge in [0.1, 0.15) is 17.2 Å². The SMILES string of the molecule is C/C=C/Oc1ccc2[nH]cc(CCNCc3cccc(Oc4ccccc4)c3)c2c1.C=CC=C.CC. The van der Waals surface area contributed by atoms with Crippen LogP contribution in [0.25, 0.3) is 10.9 Å². The second-order valence-corrected chi connectivity index (χ2v) is 7.57. The van der Waals surface area contributed by atoms with Gasteiger partial charge in [-0.3, -0.25) is 0 Å². The van der Waals surface area contributed by atoms with Crippen LogP contribution in [0.2, 0.25) is 0 Å². The highest BCUT2D eigenvalue weighted by Crippen LogP contribution is 2.24. The average molecular weight is 483 g/mol. The lowest BCUT2D eigenvalue weighted by Gasteiger charge is -2.09. The van der Waals surface area contributed by atoms with Crippen LogP contribution in [0.15, 0.2) is 117 Å². The molecule has 36 heavy (non-hydrogen) atoms. The zero-order chi connectivity index (χ0) is 26.0. The van der Waals surface area contributed by atoms with Gasteiger partial charge in [0.2, 0.25) is 0 Å². The van der Waals surface area contributed by atoms with Crippen molar-refractivity contribution < 1.29 is 9.47 Å². The van der Waals surface area contributed by atoms with Crippen molar-refractivity contribution in [3.63, 3.8) is 0 Å². The number of nitrogens with one attached hydrogen (secondary N) is 2. The Labute approximate surface area is 216 Å². The summed E-state index contributed by atoms with van der Waals surface area (Å²) in [6.07, 6.45) is 9.88. The summed E-state index contributed by atoms with van der Waals surface area (Å²) in [6.45, 7) is 14.3. The summed E-state index contributed by atoms with van der Waals surface area (Å²) in [5.74, 6) is 2.55. The average Bonchev–Trinajstić information content (AvgIpc) is 3.34. The number of ether oxygens (including phenoxy) is 2. The second kappa shape index (κ2) is 16.6. The van der Waals surface area contributed by atoms with Crippen LogP contribution in [0.4, 0.5) is 0 Å². The molecule has 0 saturated heterocycles. The first-order chi connectivity index (χ1) is 17.7. The molecule has 0 aliphatic heterocycles. The predicted octanol–water partition coefficient (Wildman–Crippen LogP) is 8.59. The minimum absolute atomic E-state index is 0.796. The summed E-state index contributed by atoms with van der Waals surface area (Å²) in [4.78, 5) is 3.34. The number of allylic oxidation sites excluding steroid dienone is 3. The number of aromatic nitrogens is 1. The van der Waals surface area contributed by atoms with E-state index in [0.29, 0.717) is 0 Å². The number of fused-ring (bicyclic) bond motifs is 1. The number of para-hydroxylation sites is 1. The van der Waals surface area contributed by atoms with Gasteiger partial charge in [-0.1, -0.05) is 75.6 Å². The van der Waals surface area contributed by atoms with Crippen LogP contribution in [-0.4, -0.2) is 11.5 Å². The molecule has 3 aromatic carbocycles. The Hall–Kier alpha value is -4.02. The molecule has 0 aliphatic carbocycles.